The zero-order valence-electron chi connectivity index (χ0n) is 7.93. The van der Waals surface area contributed by atoms with Crippen LogP contribution in [0.15, 0.2) is 36.0 Å². The summed E-state index contributed by atoms with van der Waals surface area (Å²) < 4.78 is 4.78. The van der Waals surface area contributed by atoms with Crippen molar-refractivity contribution in [2.75, 3.05) is 6.61 Å². The van der Waals surface area contributed by atoms with Gasteiger partial charge >= 0.3 is 5.97 Å². The molecule has 13 heavy (non-hydrogen) atoms. The molecule has 1 heterocycles. The third-order valence-electron chi connectivity index (χ3n) is 2.03. The van der Waals surface area contributed by atoms with Crippen LogP contribution in [0.5, 0.6) is 0 Å². The van der Waals surface area contributed by atoms with Crippen LogP contribution in [0.4, 0.5) is 0 Å². The predicted molar refractivity (Wildman–Crippen MR) is 52.2 cm³/mol. The van der Waals surface area contributed by atoms with Crippen LogP contribution in [-0.4, -0.2) is 12.6 Å². The van der Waals surface area contributed by atoms with Gasteiger partial charge in [0.25, 0.3) is 0 Å². The Bertz CT molecular complexity index is 284. The van der Waals surface area contributed by atoms with Crippen molar-refractivity contribution in [2.24, 2.45) is 0 Å². The highest BCUT2D eigenvalue weighted by atomic mass is 16.5. The number of rotatable bonds is 3. The Hall–Kier alpha value is -1.31. The maximum atomic E-state index is 10.9. The molecule has 0 aliphatic carbocycles. The Balaban J connectivity index is 2.58. The number of ether oxygens (including phenoxy) is 1. The standard InChI is InChI=1S/C11H14O2/c1-8(2)9(3)6-10-4-5-13-11(12)7-10/h7H,1,3-6H2,2H3. The van der Waals surface area contributed by atoms with Crippen molar-refractivity contribution in [3.8, 4) is 0 Å². The van der Waals surface area contributed by atoms with Crippen molar-refractivity contribution in [1.29, 1.82) is 0 Å². The van der Waals surface area contributed by atoms with E-state index < -0.39 is 0 Å². The predicted octanol–water partition coefficient (Wildman–Crippen LogP) is 2.38. The van der Waals surface area contributed by atoms with Crippen LogP contribution < -0.4 is 0 Å². The van der Waals surface area contributed by atoms with Gasteiger partial charge in [0.2, 0.25) is 0 Å². The molecular weight excluding hydrogens is 164 g/mol. The summed E-state index contributed by atoms with van der Waals surface area (Å²) >= 11 is 0. The van der Waals surface area contributed by atoms with Crippen molar-refractivity contribution in [3.05, 3.63) is 36.0 Å². The molecule has 0 saturated heterocycles. The van der Waals surface area contributed by atoms with Crippen LogP contribution in [0.2, 0.25) is 0 Å². The molecule has 0 N–H and O–H groups in total. The Labute approximate surface area is 78.6 Å². The molecule has 2 nitrogen and oxygen atoms in total. The van der Waals surface area contributed by atoms with Crippen LogP contribution in [0, 0.1) is 0 Å². The minimum Gasteiger partial charge on any atom is -0.462 e. The van der Waals surface area contributed by atoms with Crippen molar-refractivity contribution < 1.29 is 9.53 Å². The molecular formula is C11H14O2. The fourth-order valence-corrected chi connectivity index (χ4v) is 1.13. The molecule has 1 aliphatic rings. The quantitative estimate of drug-likeness (QED) is 0.490. The van der Waals surface area contributed by atoms with Gasteiger partial charge in [-0.15, -0.1) is 0 Å². The minimum atomic E-state index is -0.240. The first-order valence-electron chi connectivity index (χ1n) is 4.29. The molecule has 0 unspecified atom stereocenters. The Kier molecular flexibility index (Phi) is 3.07. The summed E-state index contributed by atoms with van der Waals surface area (Å²) in [4.78, 5) is 10.9. The maximum absolute atomic E-state index is 10.9. The van der Waals surface area contributed by atoms with E-state index in [0.29, 0.717) is 6.61 Å². The highest BCUT2D eigenvalue weighted by Crippen LogP contribution is 2.20. The van der Waals surface area contributed by atoms with Crippen LogP contribution >= 0.6 is 0 Å². The minimum absolute atomic E-state index is 0.240. The van der Waals surface area contributed by atoms with E-state index in [1.54, 1.807) is 6.08 Å². The molecule has 0 amide bonds. The zero-order valence-corrected chi connectivity index (χ0v) is 7.93. The van der Waals surface area contributed by atoms with E-state index in [1.807, 2.05) is 6.92 Å². The molecule has 1 aliphatic heterocycles. The lowest BCUT2D eigenvalue weighted by molar-refractivity contribution is -0.138. The molecule has 0 spiro atoms. The SMILES string of the molecule is C=C(C)C(=C)CC1=CC(=O)OCC1. The first-order chi connectivity index (χ1) is 6.09. The van der Waals surface area contributed by atoms with Gasteiger partial charge in [-0.05, 0) is 18.9 Å². The van der Waals surface area contributed by atoms with Crippen LogP contribution in [-0.2, 0) is 9.53 Å². The highest BCUT2D eigenvalue weighted by Gasteiger charge is 2.11. The summed E-state index contributed by atoms with van der Waals surface area (Å²) in [7, 11) is 0. The van der Waals surface area contributed by atoms with Crippen LogP contribution in [0.3, 0.4) is 0 Å². The Morgan fingerprint density at radius 1 is 1.62 bits per heavy atom. The summed E-state index contributed by atoms with van der Waals surface area (Å²) in [6, 6.07) is 0. The topological polar surface area (TPSA) is 26.3 Å². The molecule has 0 saturated carbocycles. The number of hydrogen-bond acceptors (Lipinski definition) is 2. The summed E-state index contributed by atoms with van der Waals surface area (Å²) in [5.74, 6) is -0.240. The van der Waals surface area contributed by atoms with Crippen molar-refractivity contribution in [2.45, 2.75) is 19.8 Å². The van der Waals surface area contributed by atoms with Gasteiger partial charge in [0.1, 0.15) is 0 Å². The first kappa shape index (κ1) is 9.78. The van der Waals surface area contributed by atoms with Crippen molar-refractivity contribution in [1.82, 2.24) is 0 Å². The normalized spacial score (nSPS) is 16.1. The molecule has 0 fully saturated rings. The number of allylic oxidation sites excluding steroid dienone is 2. The summed E-state index contributed by atoms with van der Waals surface area (Å²) in [6.45, 7) is 10.1. The molecule has 2 heteroatoms. The van der Waals surface area contributed by atoms with Gasteiger partial charge < -0.3 is 4.74 Å². The molecule has 1 rings (SSSR count). The molecule has 0 aromatic heterocycles. The van der Waals surface area contributed by atoms with Gasteiger partial charge in [-0.1, -0.05) is 24.3 Å². The largest absolute Gasteiger partial charge is 0.462 e. The van der Waals surface area contributed by atoms with Gasteiger partial charge in [0.05, 0.1) is 6.61 Å². The molecule has 0 aromatic carbocycles. The Morgan fingerprint density at radius 2 is 2.31 bits per heavy atom. The Morgan fingerprint density at radius 3 is 2.85 bits per heavy atom. The van der Waals surface area contributed by atoms with E-state index in [1.165, 1.54) is 0 Å². The average Bonchev–Trinajstić information content (AvgIpc) is 2.04. The maximum Gasteiger partial charge on any atom is 0.330 e. The third-order valence-corrected chi connectivity index (χ3v) is 2.03. The molecule has 70 valence electrons. The number of hydrogen-bond donors (Lipinski definition) is 0. The van der Waals surface area contributed by atoms with Gasteiger partial charge in [-0.2, -0.15) is 0 Å². The van der Waals surface area contributed by atoms with Crippen LogP contribution in [0.25, 0.3) is 0 Å². The molecule has 0 aromatic rings. The first-order valence-corrected chi connectivity index (χ1v) is 4.29. The summed E-state index contributed by atoms with van der Waals surface area (Å²) in [5.41, 5.74) is 3.05. The summed E-state index contributed by atoms with van der Waals surface area (Å²) in [5, 5.41) is 0. The van der Waals surface area contributed by atoms with Gasteiger partial charge in [-0.25, -0.2) is 4.79 Å². The van der Waals surface area contributed by atoms with E-state index in [0.717, 1.165) is 29.6 Å². The van der Waals surface area contributed by atoms with E-state index in [9.17, 15) is 4.79 Å². The second kappa shape index (κ2) is 4.08. The van der Waals surface area contributed by atoms with E-state index in [2.05, 4.69) is 13.2 Å². The highest BCUT2D eigenvalue weighted by molar-refractivity contribution is 5.83. The lowest BCUT2D eigenvalue weighted by Crippen LogP contribution is -2.10. The fraction of sp³-hybridized carbons (Fsp3) is 0.364. The van der Waals surface area contributed by atoms with Crippen molar-refractivity contribution in [3.63, 3.8) is 0 Å². The number of cyclic esters (lactones) is 1. The van der Waals surface area contributed by atoms with Gasteiger partial charge in [0.15, 0.2) is 0 Å². The lowest BCUT2D eigenvalue weighted by atomic mass is 9.99. The molecule has 0 bridgehead atoms. The monoisotopic (exact) mass is 178 g/mol. The van der Waals surface area contributed by atoms with Crippen molar-refractivity contribution >= 4 is 5.97 Å². The van der Waals surface area contributed by atoms with Gasteiger partial charge in [-0.3, -0.25) is 0 Å². The van der Waals surface area contributed by atoms with Crippen LogP contribution in [0.1, 0.15) is 19.8 Å². The fourth-order valence-electron chi connectivity index (χ4n) is 1.13. The van der Waals surface area contributed by atoms with E-state index >= 15 is 0 Å². The number of carbonyl (C=O) groups excluding carboxylic acids is 1. The number of esters is 1. The lowest BCUT2D eigenvalue weighted by Gasteiger charge is -2.14. The zero-order chi connectivity index (χ0) is 9.84. The summed E-state index contributed by atoms with van der Waals surface area (Å²) in [6.07, 6.45) is 3.11. The van der Waals surface area contributed by atoms with Gasteiger partial charge in [0, 0.05) is 12.5 Å². The second-order valence-electron chi connectivity index (χ2n) is 3.28. The third kappa shape index (κ3) is 2.90. The molecule has 0 atom stereocenters. The average molecular weight is 178 g/mol. The molecule has 0 radical (unpaired) electrons. The van der Waals surface area contributed by atoms with E-state index in [4.69, 9.17) is 4.74 Å². The second-order valence-corrected chi connectivity index (χ2v) is 3.28. The van der Waals surface area contributed by atoms with E-state index in [-0.39, 0.29) is 5.97 Å². The smallest absolute Gasteiger partial charge is 0.330 e. The number of carbonyl (C=O) groups is 1.